The number of ether oxygens (including phenoxy) is 1. The van der Waals surface area contributed by atoms with Crippen LogP contribution in [0.15, 0.2) is 47.8 Å². The van der Waals surface area contributed by atoms with Gasteiger partial charge in [0.1, 0.15) is 5.75 Å². The zero-order valence-corrected chi connectivity index (χ0v) is 13.7. The number of alkyl halides is 2. The molecule has 0 aliphatic rings. The van der Waals surface area contributed by atoms with Crippen molar-refractivity contribution in [1.29, 1.82) is 0 Å². The first-order valence-electron chi connectivity index (χ1n) is 7.20. The predicted molar refractivity (Wildman–Crippen MR) is 88.5 cm³/mol. The van der Waals surface area contributed by atoms with Crippen LogP contribution in [0, 0.1) is 11.6 Å². The number of nitrogens with zero attached hydrogens (tertiary/aromatic N) is 1. The fourth-order valence-electron chi connectivity index (χ4n) is 2.14. The lowest BCUT2D eigenvalue weighted by atomic mass is 10.2. The molecule has 2 aromatic carbocycles. The molecule has 0 saturated carbocycles. The van der Waals surface area contributed by atoms with Gasteiger partial charge in [0.2, 0.25) is 0 Å². The molecule has 3 aromatic rings. The maximum absolute atomic E-state index is 13.3. The number of hydrogen-bond acceptors (Lipinski definition) is 4. The normalized spacial score (nSPS) is 10.8. The molecule has 0 aliphatic carbocycles. The molecule has 0 bridgehead atoms. The average molecular weight is 382 g/mol. The van der Waals surface area contributed by atoms with Crippen molar-refractivity contribution < 1.29 is 27.1 Å². The van der Waals surface area contributed by atoms with Gasteiger partial charge < -0.3 is 4.74 Å². The molecule has 1 N–H and O–H groups in total. The van der Waals surface area contributed by atoms with Crippen molar-refractivity contribution in [3.8, 4) is 17.0 Å². The second kappa shape index (κ2) is 7.52. The summed E-state index contributed by atoms with van der Waals surface area (Å²) in [7, 11) is 0. The van der Waals surface area contributed by atoms with Crippen molar-refractivity contribution in [3.05, 3.63) is 65.0 Å². The number of hydrogen-bond donors (Lipinski definition) is 1. The number of nitrogens with one attached hydrogen (secondary N) is 1. The average Bonchev–Trinajstić information content (AvgIpc) is 3.05. The highest BCUT2D eigenvalue weighted by atomic mass is 32.1. The van der Waals surface area contributed by atoms with Crippen molar-refractivity contribution in [2.75, 3.05) is 5.32 Å². The minimum Gasteiger partial charge on any atom is -0.434 e. The smallest absolute Gasteiger partial charge is 0.387 e. The third-order valence-corrected chi connectivity index (χ3v) is 4.05. The second-order valence-electron chi connectivity index (χ2n) is 5.00. The minimum atomic E-state index is -3.07. The molecule has 4 nitrogen and oxygen atoms in total. The Kier molecular flexibility index (Phi) is 5.17. The molecule has 0 aliphatic heterocycles. The quantitative estimate of drug-likeness (QED) is 0.636. The van der Waals surface area contributed by atoms with Crippen LogP contribution in [0.4, 0.5) is 22.7 Å². The molecule has 0 unspecified atom stereocenters. The van der Waals surface area contributed by atoms with Crippen LogP contribution < -0.4 is 10.1 Å². The van der Waals surface area contributed by atoms with Crippen molar-refractivity contribution >= 4 is 22.4 Å². The van der Waals surface area contributed by atoms with E-state index in [2.05, 4.69) is 15.0 Å². The molecule has 0 atom stereocenters. The van der Waals surface area contributed by atoms with Gasteiger partial charge in [-0.3, -0.25) is 10.1 Å². The molecule has 0 radical (unpaired) electrons. The van der Waals surface area contributed by atoms with Crippen molar-refractivity contribution in [1.82, 2.24) is 4.98 Å². The zero-order valence-electron chi connectivity index (χ0n) is 12.9. The standard InChI is InChI=1S/C17H10F4N2O2S/c18-11-6-5-9(7-12(11)19)13-8-26-17(22-13)23-15(24)10-3-1-2-4-14(10)25-16(20)21/h1-8,16H,(H,22,23,24). The molecule has 1 amide bonds. The van der Waals surface area contributed by atoms with Gasteiger partial charge in [-0.05, 0) is 30.3 Å². The van der Waals surface area contributed by atoms with Gasteiger partial charge in [-0.25, -0.2) is 13.8 Å². The summed E-state index contributed by atoms with van der Waals surface area (Å²) < 4.78 is 55.5. The summed E-state index contributed by atoms with van der Waals surface area (Å²) in [6.45, 7) is -3.07. The van der Waals surface area contributed by atoms with Crippen molar-refractivity contribution in [2.24, 2.45) is 0 Å². The van der Waals surface area contributed by atoms with Crippen LogP contribution >= 0.6 is 11.3 Å². The lowest BCUT2D eigenvalue weighted by Gasteiger charge is -2.09. The Morgan fingerprint density at radius 2 is 1.88 bits per heavy atom. The van der Waals surface area contributed by atoms with Gasteiger partial charge >= 0.3 is 6.61 Å². The van der Waals surface area contributed by atoms with Crippen LogP contribution in [0.25, 0.3) is 11.3 Å². The van der Waals surface area contributed by atoms with Crippen LogP contribution in [0.1, 0.15) is 10.4 Å². The number of amides is 1. The van der Waals surface area contributed by atoms with E-state index in [9.17, 15) is 22.4 Å². The molecule has 9 heteroatoms. The molecule has 0 saturated heterocycles. The van der Waals surface area contributed by atoms with E-state index < -0.39 is 24.2 Å². The SMILES string of the molecule is O=C(Nc1nc(-c2ccc(F)c(F)c2)cs1)c1ccccc1OC(F)F. The highest BCUT2D eigenvalue weighted by Crippen LogP contribution is 2.27. The fraction of sp³-hybridized carbons (Fsp3) is 0.0588. The number of para-hydroxylation sites is 1. The highest BCUT2D eigenvalue weighted by Gasteiger charge is 2.17. The molecule has 134 valence electrons. The van der Waals surface area contributed by atoms with E-state index in [0.717, 1.165) is 23.5 Å². The van der Waals surface area contributed by atoms with E-state index in [4.69, 9.17) is 0 Å². The lowest BCUT2D eigenvalue weighted by Crippen LogP contribution is -2.14. The number of anilines is 1. The number of benzene rings is 2. The van der Waals surface area contributed by atoms with E-state index in [1.807, 2.05) is 0 Å². The third-order valence-electron chi connectivity index (χ3n) is 3.29. The van der Waals surface area contributed by atoms with Crippen LogP contribution in [-0.2, 0) is 0 Å². The maximum Gasteiger partial charge on any atom is 0.387 e. The summed E-state index contributed by atoms with van der Waals surface area (Å²) in [5.41, 5.74) is 0.584. The van der Waals surface area contributed by atoms with E-state index >= 15 is 0 Å². The van der Waals surface area contributed by atoms with E-state index in [1.165, 1.54) is 30.3 Å². The van der Waals surface area contributed by atoms with Gasteiger partial charge in [-0.2, -0.15) is 8.78 Å². The van der Waals surface area contributed by atoms with E-state index in [0.29, 0.717) is 11.3 Å². The zero-order chi connectivity index (χ0) is 18.7. The van der Waals surface area contributed by atoms with E-state index in [1.54, 1.807) is 5.38 Å². The Labute approximate surface area is 149 Å². The first-order valence-corrected chi connectivity index (χ1v) is 8.08. The van der Waals surface area contributed by atoms with Crippen LogP contribution in [0.5, 0.6) is 5.75 Å². The Morgan fingerprint density at radius 3 is 2.62 bits per heavy atom. The monoisotopic (exact) mass is 382 g/mol. The van der Waals surface area contributed by atoms with Crippen LogP contribution in [0.3, 0.4) is 0 Å². The largest absolute Gasteiger partial charge is 0.434 e. The number of rotatable bonds is 5. The highest BCUT2D eigenvalue weighted by molar-refractivity contribution is 7.14. The first kappa shape index (κ1) is 17.9. The summed E-state index contributed by atoms with van der Waals surface area (Å²) in [5.74, 6) is -2.95. The van der Waals surface area contributed by atoms with Gasteiger partial charge in [0.25, 0.3) is 5.91 Å². The summed E-state index contributed by atoms with van der Waals surface area (Å²) in [6.07, 6.45) is 0. The molecule has 26 heavy (non-hydrogen) atoms. The summed E-state index contributed by atoms with van der Waals surface area (Å²) >= 11 is 1.05. The Bertz CT molecular complexity index is 946. The van der Waals surface area contributed by atoms with Gasteiger partial charge in [-0.15, -0.1) is 11.3 Å². The Morgan fingerprint density at radius 1 is 1.12 bits per heavy atom. The number of carbonyl (C=O) groups excluding carboxylic acids is 1. The van der Waals surface area contributed by atoms with Gasteiger partial charge in [0.05, 0.1) is 11.3 Å². The molecule has 1 aromatic heterocycles. The molecular weight excluding hydrogens is 372 g/mol. The second-order valence-corrected chi connectivity index (χ2v) is 5.85. The van der Waals surface area contributed by atoms with Gasteiger partial charge in [0.15, 0.2) is 16.8 Å². The third kappa shape index (κ3) is 3.99. The first-order chi connectivity index (χ1) is 12.4. The van der Waals surface area contributed by atoms with E-state index in [-0.39, 0.29) is 16.4 Å². The number of carbonyl (C=O) groups is 1. The number of thiazole rings is 1. The van der Waals surface area contributed by atoms with Crippen LogP contribution in [-0.4, -0.2) is 17.5 Å². The summed E-state index contributed by atoms with van der Waals surface area (Å²) in [4.78, 5) is 16.4. The fourth-order valence-corrected chi connectivity index (χ4v) is 2.85. The molecule has 0 spiro atoms. The van der Waals surface area contributed by atoms with Crippen molar-refractivity contribution in [3.63, 3.8) is 0 Å². The van der Waals surface area contributed by atoms with Gasteiger partial charge in [0, 0.05) is 10.9 Å². The van der Waals surface area contributed by atoms with Crippen molar-refractivity contribution in [2.45, 2.75) is 6.61 Å². The van der Waals surface area contributed by atoms with Crippen LogP contribution in [0.2, 0.25) is 0 Å². The Hall–Kier alpha value is -2.94. The molecular formula is C17H10F4N2O2S. The lowest BCUT2D eigenvalue weighted by molar-refractivity contribution is -0.0501. The maximum atomic E-state index is 13.3. The molecule has 3 rings (SSSR count). The minimum absolute atomic E-state index is 0.0858. The molecule has 1 heterocycles. The summed E-state index contributed by atoms with van der Waals surface area (Å²) in [6, 6.07) is 8.85. The number of aromatic nitrogens is 1. The topological polar surface area (TPSA) is 51.2 Å². The number of halogens is 4. The predicted octanol–water partition coefficient (Wildman–Crippen LogP) is 4.94. The summed E-state index contributed by atoms with van der Waals surface area (Å²) in [5, 5.41) is 4.18. The van der Waals surface area contributed by atoms with Gasteiger partial charge in [-0.1, -0.05) is 12.1 Å². The molecule has 0 fully saturated rings. The Balaban J connectivity index is 1.79.